The number of hydrazone groups is 1. The van der Waals surface area contributed by atoms with Crippen molar-refractivity contribution in [1.82, 2.24) is 26.6 Å². The van der Waals surface area contributed by atoms with Crippen molar-refractivity contribution < 1.29 is 34.1 Å². The lowest BCUT2D eigenvalue weighted by atomic mass is 9.82. The van der Waals surface area contributed by atoms with Crippen LogP contribution < -0.4 is 32.3 Å². The zero-order valence-electron chi connectivity index (χ0n) is 30.5. The molecule has 0 aliphatic heterocycles. The summed E-state index contributed by atoms with van der Waals surface area (Å²) >= 11 is 0. The second-order valence-corrected chi connectivity index (χ2v) is 14.4. The van der Waals surface area contributed by atoms with Crippen molar-refractivity contribution >= 4 is 29.8 Å². The molecule has 0 radical (unpaired) electrons. The van der Waals surface area contributed by atoms with E-state index >= 15 is 0 Å². The standard InChI is InChI=1S/C33H62N8O8/c1-8-9-17-35-28(43)22(4)19-26(42)25(20-23-14-11-10-12-15-23)37-30(45)27(21(2)3)39-29(44)24(38-32(46)49-33(5,6)7)16-13-18-36-31(34)40-41(47)48/h21-27,42H,8-20H2,1-7H3,(H,35,43)(H,37,45)(H,38,46)(H,39,44)(H3,34,36,40)/t22-,24+,25+,26+,27+/m1/s1. The Hall–Kier alpha value is -3.69. The summed E-state index contributed by atoms with van der Waals surface area (Å²) in [6.45, 7) is 13.1. The lowest BCUT2D eigenvalue weighted by Crippen LogP contribution is -2.58. The molecule has 0 aromatic rings. The normalized spacial score (nSPS) is 17.2. The average molecular weight is 699 g/mol. The molecule has 0 aromatic carbocycles. The molecule has 16 nitrogen and oxygen atoms in total. The Balaban J connectivity index is 3.10. The third-order valence-corrected chi connectivity index (χ3v) is 8.40. The number of nitrogens with one attached hydrogen (secondary N) is 5. The molecule has 1 fully saturated rings. The van der Waals surface area contributed by atoms with Crippen LogP contribution in [-0.2, 0) is 19.1 Å². The van der Waals surface area contributed by atoms with Crippen LogP contribution in [0, 0.1) is 27.9 Å². The molecule has 8 N–H and O–H groups in total. The highest BCUT2D eigenvalue weighted by Gasteiger charge is 2.34. The van der Waals surface area contributed by atoms with Gasteiger partial charge in [-0.15, -0.1) is 0 Å². The number of carbonyl (C=O) groups excluding carboxylic acids is 4. The van der Waals surface area contributed by atoms with Gasteiger partial charge in [-0.25, -0.2) is 14.9 Å². The summed E-state index contributed by atoms with van der Waals surface area (Å²) < 4.78 is 5.34. The molecule has 1 aliphatic carbocycles. The van der Waals surface area contributed by atoms with Crippen molar-refractivity contribution in [3.63, 3.8) is 0 Å². The Bertz CT molecular complexity index is 1090. The van der Waals surface area contributed by atoms with Crippen molar-refractivity contribution in [3.05, 3.63) is 10.1 Å². The highest BCUT2D eigenvalue weighted by Crippen LogP contribution is 2.29. The Labute approximate surface area is 291 Å². The van der Waals surface area contributed by atoms with E-state index in [2.05, 4.69) is 31.7 Å². The number of alkyl carbamates (subject to hydrolysis) is 1. The van der Waals surface area contributed by atoms with Gasteiger partial charge in [0.05, 0.1) is 12.1 Å². The number of nitro groups is 1. The molecule has 1 rings (SSSR count). The van der Waals surface area contributed by atoms with E-state index in [1.165, 1.54) is 0 Å². The Morgan fingerprint density at radius 2 is 1.59 bits per heavy atom. The van der Waals surface area contributed by atoms with Gasteiger partial charge in [-0.1, -0.05) is 66.2 Å². The largest absolute Gasteiger partial charge is 0.444 e. The molecule has 0 heterocycles. The van der Waals surface area contributed by atoms with Gasteiger partial charge in [-0.2, -0.15) is 0 Å². The number of hydrogen-bond acceptors (Lipinski definition) is 8. The first-order chi connectivity index (χ1) is 22.9. The third kappa shape index (κ3) is 18.6. The SMILES string of the molecule is CCCCNC(=O)[C@H](C)C[C@H](O)[C@H](CC1CCCCC1)NC(=O)[C@@H](NC(=O)[C@H](CCCN/C(N)=N/[N+](=O)[O-])NC(=O)OC(C)(C)C)C(C)C. The maximum atomic E-state index is 13.8. The van der Waals surface area contributed by atoms with Gasteiger partial charge >= 0.3 is 6.09 Å². The maximum absolute atomic E-state index is 13.8. The van der Waals surface area contributed by atoms with Crippen LogP contribution in [0.1, 0.15) is 119 Å². The number of ether oxygens (including phenoxy) is 1. The number of aliphatic hydroxyl groups excluding tert-OH is 1. The van der Waals surface area contributed by atoms with Gasteiger partial charge in [-0.05, 0) is 64.7 Å². The number of carbonyl (C=O) groups is 4. The summed E-state index contributed by atoms with van der Waals surface area (Å²) in [4.78, 5) is 63.2. The number of nitrogens with zero attached hydrogens (tertiary/aromatic N) is 2. The zero-order valence-corrected chi connectivity index (χ0v) is 30.5. The van der Waals surface area contributed by atoms with Gasteiger partial charge in [0, 0.05) is 19.0 Å². The summed E-state index contributed by atoms with van der Waals surface area (Å²) in [5.74, 6) is -2.17. The minimum absolute atomic E-state index is 0.0808. The molecule has 4 amide bonds. The van der Waals surface area contributed by atoms with Gasteiger partial charge < -0.3 is 42.2 Å². The summed E-state index contributed by atoms with van der Waals surface area (Å²) in [7, 11) is 0. The molecule has 0 bridgehead atoms. The molecule has 1 aliphatic rings. The molecule has 5 atom stereocenters. The summed E-state index contributed by atoms with van der Waals surface area (Å²) in [5, 5.41) is 37.7. The van der Waals surface area contributed by atoms with Crippen molar-refractivity contribution in [1.29, 1.82) is 0 Å². The summed E-state index contributed by atoms with van der Waals surface area (Å²) in [6, 6.07) is -2.75. The molecular formula is C33H62N8O8. The molecule has 49 heavy (non-hydrogen) atoms. The Kier molecular flexibility index (Phi) is 19.6. The fourth-order valence-electron chi connectivity index (χ4n) is 5.72. The molecule has 0 spiro atoms. The van der Waals surface area contributed by atoms with Crippen molar-refractivity contribution in [2.24, 2.45) is 28.6 Å². The van der Waals surface area contributed by atoms with Crippen LogP contribution in [0.15, 0.2) is 5.10 Å². The van der Waals surface area contributed by atoms with E-state index in [0.29, 0.717) is 18.9 Å². The van der Waals surface area contributed by atoms with Gasteiger partial charge in [-0.3, -0.25) is 14.4 Å². The van der Waals surface area contributed by atoms with Crippen LogP contribution in [0.4, 0.5) is 4.79 Å². The minimum Gasteiger partial charge on any atom is -0.444 e. The van der Waals surface area contributed by atoms with E-state index < -0.39 is 64.6 Å². The maximum Gasteiger partial charge on any atom is 0.408 e. The molecule has 16 heteroatoms. The van der Waals surface area contributed by atoms with Crippen LogP contribution in [0.3, 0.4) is 0 Å². The molecule has 282 valence electrons. The first kappa shape index (κ1) is 43.3. The van der Waals surface area contributed by atoms with E-state index in [9.17, 15) is 34.4 Å². The molecular weight excluding hydrogens is 636 g/mol. The van der Waals surface area contributed by atoms with Crippen LogP contribution in [0.2, 0.25) is 0 Å². The predicted molar refractivity (Wildman–Crippen MR) is 187 cm³/mol. The number of aliphatic hydroxyl groups is 1. The first-order valence-electron chi connectivity index (χ1n) is 17.7. The molecule has 1 saturated carbocycles. The van der Waals surface area contributed by atoms with Gasteiger partial charge in [0.25, 0.3) is 5.96 Å². The van der Waals surface area contributed by atoms with E-state index in [0.717, 1.165) is 44.9 Å². The second kappa shape index (κ2) is 22.1. The van der Waals surface area contributed by atoms with Crippen LogP contribution in [0.25, 0.3) is 0 Å². The summed E-state index contributed by atoms with van der Waals surface area (Å²) in [6.07, 6.45) is 6.35. The Morgan fingerprint density at radius 3 is 2.16 bits per heavy atom. The van der Waals surface area contributed by atoms with Crippen molar-refractivity contribution in [3.8, 4) is 0 Å². The second-order valence-electron chi connectivity index (χ2n) is 14.4. The minimum atomic E-state index is -1.12. The fraction of sp³-hybridized carbons (Fsp3) is 0.848. The number of amides is 4. The predicted octanol–water partition coefficient (Wildman–Crippen LogP) is 2.66. The van der Waals surface area contributed by atoms with Crippen LogP contribution in [-0.4, -0.2) is 82.8 Å². The first-order valence-corrected chi connectivity index (χ1v) is 17.7. The van der Waals surface area contributed by atoms with E-state index in [1.807, 2.05) is 6.92 Å². The molecule has 0 saturated heterocycles. The Morgan fingerprint density at radius 1 is 0.959 bits per heavy atom. The lowest BCUT2D eigenvalue weighted by Gasteiger charge is -2.33. The third-order valence-electron chi connectivity index (χ3n) is 8.40. The molecule has 0 aromatic heterocycles. The number of rotatable bonds is 20. The smallest absolute Gasteiger partial charge is 0.408 e. The molecule has 0 unspecified atom stereocenters. The van der Waals surface area contributed by atoms with Gasteiger partial charge in [0.15, 0.2) is 5.03 Å². The number of nitrogens with two attached hydrogens (primary N) is 1. The lowest BCUT2D eigenvalue weighted by molar-refractivity contribution is -0.485. The average Bonchev–Trinajstić information content (AvgIpc) is 2.99. The number of hydrogen-bond donors (Lipinski definition) is 7. The van der Waals surface area contributed by atoms with E-state index in [4.69, 9.17) is 10.5 Å². The number of guanidine groups is 1. The van der Waals surface area contributed by atoms with E-state index in [1.54, 1.807) is 41.5 Å². The highest BCUT2D eigenvalue weighted by molar-refractivity contribution is 5.91. The van der Waals surface area contributed by atoms with Crippen LogP contribution in [0.5, 0.6) is 0 Å². The summed E-state index contributed by atoms with van der Waals surface area (Å²) in [5.41, 5.74) is 4.63. The van der Waals surface area contributed by atoms with Gasteiger partial charge in [0.1, 0.15) is 22.8 Å². The monoisotopic (exact) mass is 698 g/mol. The zero-order chi connectivity index (χ0) is 37.1. The van der Waals surface area contributed by atoms with Gasteiger partial charge in [0.2, 0.25) is 17.7 Å². The van der Waals surface area contributed by atoms with Crippen molar-refractivity contribution in [2.45, 2.75) is 149 Å². The van der Waals surface area contributed by atoms with E-state index in [-0.39, 0.29) is 37.6 Å². The van der Waals surface area contributed by atoms with Crippen LogP contribution >= 0.6 is 0 Å². The van der Waals surface area contributed by atoms with Crippen molar-refractivity contribution in [2.75, 3.05) is 13.1 Å². The highest BCUT2D eigenvalue weighted by atomic mass is 16.7. The topological polar surface area (TPSA) is 239 Å². The fourth-order valence-corrected chi connectivity index (χ4v) is 5.72. The number of unbranched alkanes of at least 4 members (excludes halogenated alkanes) is 1. The quantitative estimate of drug-likeness (QED) is 0.0322.